The minimum Gasteiger partial charge on any atom is -0.444 e. The number of fused-ring (bicyclic) bond motifs is 5. The Morgan fingerprint density at radius 2 is 2.14 bits per heavy atom. The maximum atomic E-state index is 15.1. The van der Waals surface area contributed by atoms with Gasteiger partial charge in [-0.3, -0.25) is 9.78 Å². The molecule has 154 valence electrons. The van der Waals surface area contributed by atoms with E-state index in [1.807, 2.05) is 4.90 Å². The first-order valence-electron chi connectivity index (χ1n) is 9.08. The smallest absolute Gasteiger partial charge is 0.410 e. The number of pyridine rings is 1. The molecule has 2 aromatic rings. The monoisotopic (exact) mass is 484 g/mol. The summed E-state index contributed by atoms with van der Waals surface area (Å²) in [7, 11) is 0. The predicted molar refractivity (Wildman–Crippen MR) is 112 cm³/mol. The third-order valence-corrected chi connectivity index (χ3v) is 6.07. The number of nitrogens with one attached hydrogen (secondary N) is 1. The minimum absolute atomic E-state index is 0.0476. The summed E-state index contributed by atoms with van der Waals surface area (Å²) < 4.78 is 20.9. The summed E-state index contributed by atoms with van der Waals surface area (Å²) in [5.74, 6) is -0.889. The second-order valence-electron chi connectivity index (χ2n) is 8.03. The largest absolute Gasteiger partial charge is 0.444 e. The van der Waals surface area contributed by atoms with Gasteiger partial charge < -0.3 is 19.9 Å². The fourth-order valence-electron chi connectivity index (χ4n) is 3.61. The molecule has 7 nitrogen and oxygen atoms in total. The van der Waals surface area contributed by atoms with Gasteiger partial charge in [-0.15, -0.1) is 0 Å². The summed E-state index contributed by atoms with van der Waals surface area (Å²) in [6, 6.07) is 0.972. The molecule has 0 saturated carbocycles. The van der Waals surface area contributed by atoms with E-state index >= 15 is 4.39 Å². The molecule has 3 heterocycles. The van der Waals surface area contributed by atoms with E-state index in [1.54, 1.807) is 26.8 Å². The molecule has 2 amide bonds. The molecule has 0 bridgehead atoms. The first kappa shape index (κ1) is 20.2. The van der Waals surface area contributed by atoms with Crippen molar-refractivity contribution >= 4 is 61.8 Å². The lowest BCUT2D eigenvalue weighted by atomic mass is 10.0. The number of ether oxygens (including phenoxy) is 1. The Morgan fingerprint density at radius 3 is 2.83 bits per heavy atom. The Labute approximate surface area is 180 Å². The Balaban J connectivity index is 1.74. The Kier molecular flexibility index (Phi) is 4.85. The van der Waals surface area contributed by atoms with Gasteiger partial charge in [-0.1, -0.05) is 11.6 Å². The van der Waals surface area contributed by atoms with Gasteiger partial charge in [-0.05, 0) is 42.8 Å². The molecule has 10 heteroatoms. The molecule has 4 rings (SSSR count). The van der Waals surface area contributed by atoms with Crippen molar-refractivity contribution in [3.05, 3.63) is 27.6 Å². The molecule has 29 heavy (non-hydrogen) atoms. The molecule has 1 atom stereocenters. The highest BCUT2D eigenvalue weighted by molar-refractivity contribution is 9.10. The van der Waals surface area contributed by atoms with E-state index in [4.69, 9.17) is 16.3 Å². The summed E-state index contributed by atoms with van der Waals surface area (Å²) in [6.07, 6.45) is 1.03. The molecular weight excluding hydrogens is 467 g/mol. The van der Waals surface area contributed by atoms with Crippen LogP contribution in [-0.2, 0) is 9.53 Å². The second kappa shape index (κ2) is 6.98. The van der Waals surface area contributed by atoms with Crippen LogP contribution in [0.4, 0.5) is 20.6 Å². The van der Waals surface area contributed by atoms with Gasteiger partial charge in [0.1, 0.15) is 11.6 Å². The van der Waals surface area contributed by atoms with Crippen LogP contribution < -0.4 is 10.2 Å². The number of amides is 2. The quantitative estimate of drug-likeness (QED) is 0.567. The van der Waals surface area contributed by atoms with Gasteiger partial charge in [-0.2, -0.15) is 0 Å². The Morgan fingerprint density at radius 1 is 1.41 bits per heavy atom. The van der Waals surface area contributed by atoms with Crippen molar-refractivity contribution in [2.24, 2.45) is 0 Å². The van der Waals surface area contributed by atoms with Crippen molar-refractivity contribution in [1.29, 1.82) is 0 Å². The number of aromatic nitrogens is 1. The molecule has 2 aliphatic rings. The fraction of sp³-hybridized carbons (Fsp3) is 0.421. The van der Waals surface area contributed by atoms with Crippen LogP contribution in [0.1, 0.15) is 20.8 Å². The zero-order chi connectivity index (χ0) is 21.1. The van der Waals surface area contributed by atoms with E-state index < -0.39 is 23.6 Å². The van der Waals surface area contributed by atoms with Crippen molar-refractivity contribution in [1.82, 2.24) is 9.88 Å². The molecule has 1 saturated heterocycles. The predicted octanol–water partition coefficient (Wildman–Crippen LogP) is 4.17. The second-order valence-corrected chi connectivity index (χ2v) is 9.26. The van der Waals surface area contributed by atoms with Gasteiger partial charge in [0.2, 0.25) is 5.91 Å². The summed E-state index contributed by atoms with van der Waals surface area (Å²) in [6.45, 7) is 6.18. The third kappa shape index (κ3) is 3.50. The van der Waals surface area contributed by atoms with E-state index in [0.717, 1.165) is 0 Å². The van der Waals surface area contributed by atoms with Crippen molar-refractivity contribution in [2.75, 3.05) is 29.9 Å². The van der Waals surface area contributed by atoms with E-state index in [-0.39, 0.29) is 22.9 Å². The topological polar surface area (TPSA) is 74.8 Å². The highest BCUT2D eigenvalue weighted by Crippen LogP contribution is 2.43. The molecule has 0 spiro atoms. The Hall–Kier alpha value is -2.13. The minimum atomic E-state index is -0.670. The van der Waals surface area contributed by atoms with E-state index in [9.17, 15) is 9.59 Å². The molecule has 1 fully saturated rings. The lowest BCUT2D eigenvalue weighted by Gasteiger charge is -2.45. The number of nitrogens with zero attached hydrogens (tertiary/aromatic N) is 3. The van der Waals surface area contributed by atoms with E-state index in [2.05, 4.69) is 26.2 Å². The molecule has 0 aliphatic carbocycles. The van der Waals surface area contributed by atoms with Crippen LogP contribution in [0.25, 0.3) is 10.9 Å². The number of anilines is 2. The van der Waals surface area contributed by atoms with Crippen LogP contribution in [0.5, 0.6) is 0 Å². The summed E-state index contributed by atoms with van der Waals surface area (Å²) in [4.78, 5) is 32.7. The first-order chi connectivity index (χ1) is 13.6. The van der Waals surface area contributed by atoms with Crippen molar-refractivity contribution in [2.45, 2.75) is 32.4 Å². The van der Waals surface area contributed by atoms with Crippen molar-refractivity contribution in [3.8, 4) is 0 Å². The zero-order valence-corrected chi connectivity index (χ0v) is 18.4. The molecular formula is C19H19BrClFN4O3. The van der Waals surface area contributed by atoms with Gasteiger partial charge in [0, 0.05) is 17.6 Å². The molecule has 1 aromatic heterocycles. The standard InChI is InChI=1S/C19H19BrClFN4O3/c1-19(2,3)29-18(28)25-4-5-26-12(8-25)17(27)24-11-7-23-10-6-9(20)14(21)15(22)13(10)16(11)26/h6-7,12H,4-5,8H2,1-3H3,(H,24,27)/t12-/m1/s1. The third-order valence-electron chi connectivity index (χ3n) is 4.85. The molecule has 0 radical (unpaired) electrons. The van der Waals surface area contributed by atoms with Gasteiger partial charge in [0.05, 0.1) is 40.0 Å². The van der Waals surface area contributed by atoms with Gasteiger partial charge >= 0.3 is 6.09 Å². The number of halogens is 3. The van der Waals surface area contributed by atoms with Gasteiger partial charge in [0.15, 0.2) is 5.82 Å². The summed E-state index contributed by atoms with van der Waals surface area (Å²) >= 11 is 9.34. The number of piperazine rings is 1. The van der Waals surface area contributed by atoms with E-state index in [0.29, 0.717) is 34.5 Å². The molecule has 1 aromatic carbocycles. The van der Waals surface area contributed by atoms with Crippen LogP contribution in [0, 0.1) is 5.82 Å². The van der Waals surface area contributed by atoms with Gasteiger partial charge in [0.25, 0.3) is 0 Å². The molecule has 1 N–H and O–H groups in total. The lowest BCUT2D eigenvalue weighted by molar-refractivity contribution is -0.118. The number of rotatable bonds is 0. The van der Waals surface area contributed by atoms with Crippen LogP contribution >= 0.6 is 27.5 Å². The average molecular weight is 486 g/mol. The Bertz CT molecular complexity index is 1040. The van der Waals surface area contributed by atoms with Crippen molar-refractivity contribution in [3.63, 3.8) is 0 Å². The highest BCUT2D eigenvalue weighted by atomic mass is 79.9. The lowest BCUT2D eigenvalue weighted by Crippen LogP contribution is -2.61. The number of carbonyl (C=O) groups is 2. The van der Waals surface area contributed by atoms with Crippen LogP contribution in [-0.4, -0.2) is 53.2 Å². The summed E-state index contributed by atoms with van der Waals surface area (Å²) in [5, 5.41) is 2.97. The maximum absolute atomic E-state index is 15.1. The number of hydrogen-bond donors (Lipinski definition) is 1. The maximum Gasteiger partial charge on any atom is 0.410 e. The number of benzene rings is 1. The van der Waals surface area contributed by atoms with Crippen LogP contribution in [0.2, 0.25) is 5.02 Å². The van der Waals surface area contributed by atoms with Crippen LogP contribution in [0.15, 0.2) is 16.7 Å². The first-order valence-corrected chi connectivity index (χ1v) is 10.3. The highest BCUT2D eigenvalue weighted by Gasteiger charge is 2.41. The van der Waals surface area contributed by atoms with Gasteiger partial charge in [-0.25, -0.2) is 9.18 Å². The summed E-state index contributed by atoms with van der Waals surface area (Å²) in [5.41, 5.74) is 0.726. The van der Waals surface area contributed by atoms with Crippen LogP contribution in [0.3, 0.4) is 0 Å². The average Bonchev–Trinajstić information content (AvgIpc) is 2.64. The number of carbonyl (C=O) groups excluding carboxylic acids is 2. The molecule has 2 aliphatic heterocycles. The SMILES string of the molecule is CC(C)(C)OC(=O)N1CCN2c3c(cnc4cc(Br)c(Cl)c(F)c34)NC(=O)[C@H]2C1. The fourth-order valence-corrected chi connectivity index (χ4v) is 4.15. The molecule has 0 unspecified atom stereocenters. The number of hydrogen-bond acceptors (Lipinski definition) is 5. The zero-order valence-electron chi connectivity index (χ0n) is 16.1. The van der Waals surface area contributed by atoms with E-state index in [1.165, 1.54) is 11.1 Å². The normalized spacial score (nSPS) is 19.0. The van der Waals surface area contributed by atoms with Crippen molar-refractivity contribution < 1.29 is 18.7 Å².